The SMILES string of the molecule is Cn1ncc(-c2ccc(Cl)s2)c1CCN. The first kappa shape index (κ1) is 10.7. The van der Waals surface area contributed by atoms with Crippen molar-refractivity contribution in [2.24, 2.45) is 12.8 Å². The van der Waals surface area contributed by atoms with Gasteiger partial charge in [0.05, 0.1) is 10.5 Å². The minimum Gasteiger partial charge on any atom is -0.330 e. The van der Waals surface area contributed by atoms with Gasteiger partial charge >= 0.3 is 0 Å². The highest BCUT2D eigenvalue weighted by molar-refractivity contribution is 7.19. The molecular formula is C10H12ClN3S. The van der Waals surface area contributed by atoms with E-state index in [1.807, 2.05) is 30.1 Å². The van der Waals surface area contributed by atoms with Crippen molar-refractivity contribution in [2.45, 2.75) is 6.42 Å². The van der Waals surface area contributed by atoms with Crippen LogP contribution in [-0.4, -0.2) is 16.3 Å². The number of hydrogen-bond donors (Lipinski definition) is 1. The molecule has 2 heterocycles. The van der Waals surface area contributed by atoms with E-state index in [2.05, 4.69) is 5.10 Å². The van der Waals surface area contributed by atoms with Crippen molar-refractivity contribution in [3.8, 4) is 10.4 Å². The first-order chi connectivity index (χ1) is 7.22. The maximum atomic E-state index is 5.91. The lowest BCUT2D eigenvalue weighted by atomic mass is 10.1. The fourth-order valence-corrected chi connectivity index (χ4v) is 2.64. The van der Waals surface area contributed by atoms with Gasteiger partial charge in [-0.2, -0.15) is 5.10 Å². The number of hydrogen-bond acceptors (Lipinski definition) is 3. The molecule has 0 aromatic carbocycles. The van der Waals surface area contributed by atoms with Crippen molar-refractivity contribution >= 4 is 22.9 Å². The zero-order chi connectivity index (χ0) is 10.8. The lowest BCUT2D eigenvalue weighted by Gasteiger charge is -2.02. The second-order valence-electron chi connectivity index (χ2n) is 3.27. The van der Waals surface area contributed by atoms with Crippen molar-refractivity contribution in [3.63, 3.8) is 0 Å². The second kappa shape index (κ2) is 4.35. The minimum atomic E-state index is 0.631. The molecular weight excluding hydrogens is 230 g/mol. The molecule has 2 aromatic rings. The number of rotatable bonds is 3. The van der Waals surface area contributed by atoms with Crippen LogP contribution >= 0.6 is 22.9 Å². The van der Waals surface area contributed by atoms with Crippen molar-refractivity contribution in [3.05, 3.63) is 28.4 Å². The number of aryl methyl sites for hydroxylation is 1. The predicted octanol–water partition coefficient (Wildman–Crippen LogP) is 2.30. The summed E-state index contributed by atoms with van der Waals surface area (Å²) in [5, 5.41) is 4.25. The highest BCUT2D eigenvalue weighted by atomic mass is 35.5. The molecule has 0 fully saturated rings. The molecule has 0 bridgehead atoms. The van der Waals surface area contributed by atoms with E-state index in [0.717, 1.165) is 26.9 Å². The van der Waals surface area contributed by atoms with Gasteiger partial charge in [-0.3, -0.25) is 4.68 Å². The maximum absolute atomic E-state index is 5.91. The van der Waals surface area contributed by atoms with E-state index in [9.17, 15) is 0 Å². The zero-order valence-electron chi connectivity index (χ0n) is 8.40. The lowest BCUT2D eigenvalue weighted by Crippen LogP contribution is -2.08. The van der Waals surface area contributed by atoms with Gasteiger partial charge in [0.15, 0.2) is 0 Å². The number of aromatic nitrogens is 2. The molecule has 0 aliphatic heterocycles. The van der Waals surface area contributed by atoms with Gasteiger partial charge in [0.25, 0.3) is 0 Å². The van der Waals surface area contributed by atoms with Crippen LogP contribution in [0.4, 0.5) is 0 Å². The van der Waals surface area contributed by atoms with E-state index in [-0.39, 0.29) is 0 Å². The van der Waals surface area contributed by atoms with E-state index in [1.165, 1.54) is 0 Å². The van der Waals surface area contributed by atoms with Crippen LogP contribution in [0.15, 0.2) is 18.3 Å². The first-order valence-electron chi connectivity index (χ1n) is 4.69. The highest BCUT2D eigenvalue weighted by Gasteiger charge is 2.11. The van der Waals surface area contributed by atoms with Gasteiger partial charge < -0.3 is 5.73 Å². The molecule has 0 atom stereocenters. The van der Waals surface area contributed by atoms with Crippen LogP contribution in [0.1, 0.15) is 5.69 Å². The number of thiophene rings is 1. The average Bonchev–Trinajstić information content (AvgIpc) is 2.76. The molecule has 0 saturated carbocycles. The Hall–Kier alpha value is -0.840. The number of nitrogens with zero attached hydrogens (tertiary/aromatic N) is 2. The molecule has 2 aromatic heterocycles. The van der Waals surface area contributed by atoms with E-state index < -0.39 is 0 Å². The van der Waals surface area contributed by atoms with Crippen molar-refractivity contribution < 1.29 is 0 Å². The summed E-state index contributed by atoms with van der Waals surface area (Å²) >= 11 is 7.48. The summed E-state index contributed by atoms with van der Waals surface area (Å²) < 4.78 is 2.67. The van der Waals surface area contributed by atoms with Gasteiger partial charge in [-0.25, -0.2) is 0 Å². The zero-order valence-corrected chi connectivity index (χ0v) is 9.98. The van der Waals surface area contributed by atoms with Gasteiger partial charge in [-0.15, -0.1) is 11.3 Å². The maximum Gasteiger partial charge on any atom is 0.0934 e. The molecule has 3 nitrogen and oxygen atoms in total. The second-order valence-corrected chi connectivity index (χ2v) is 4.99. The largest absolute Gasteiger partial charge is 0.330 e. The van der Waals surface area contributed by atoms with E-state index in [1.54, 1.807) is 11.3 Å². The molecule has 0 unspecified atom stereocenters. The molecule has 0 saturated heterocycles. The van der Waals surface area contributed by atoms with Crippen LogP contribution in [0.25, 0.3) is 10.4 Å². The standard InChI is InChI=1S/C10H12ClN3S/c1-14-8(4-5-12)7(6-13-14)9-2-3-10(11)15-9/h2-3,6H,4-5,12H2,1H3. The fourth-order valence-electron chi connectivity index (χ4n) is 1.56. The van der Waals surface area contributed by atoms with Gasteiger partial charge in [0.1, 0.15) is 0 Å². The topological polar surface area (TPSA) is 43.8 Å². The quantitative estimate of drug-likeness (QED) is 0.896. The predicted molar refractivity (Wildman–Crippen MR) is 64.3 cm³/mol. The molecule has 2 rings (SSSR count). The molecule has 0 aliphatic rings. The number of nitrogens with two attached hydrogens (primary N) is 1. The summed E-state index contributed by atoms with van der Waals surface area (Å²) in [4.78, 5) is 1.15. The normalized spacial score (nSPS) is 10.9. The van der Waals surface area contributed by atoms with Crippen LogP contribution in [0.2, 0.25) is 4.34 Å². The van der Waals surface area contributed by atoms with Crippen LogP contribution in [0.5, 0.6) is 0 Å². The van der Waals surface area contributed by atoms with Gasteiger partial charge in [-0.05, 0) is 18.7 Å². The summed E-state index contributed by atoms with van der Waals surface area (Å²) in [5.74, 6) is 0. The van der Waals surface area contributed by atoms with Crippen molar-refractivity contribution in [2.75, 3.05) is 6.54 Å². The Labute approximate surface area is 97.5 Å². The van der Waals surface area contributed by atoms with Crippen LogP contribution < -0.4 is 5.73 Å². The molecule has 80 valence electrons. The molecule has 0 radical (unpaired) electrons. The van der Waals surface area contributed by atoms with Crippen molar-refractivity contribution in [1.29, 1.82) is 0 Å². The Balaban J connectivity index is 2.43. The van der Waals surface area contributed by atoms with E-state index in [0.29, 0.717) is 6.54 Å². The van der Waals surface area contributed by atoms with Gasteiger partial charge in [0.2, 0.25) is 0 Å². The average molecular weight is 242 g/mol. The van der Waals surface area contributed by atoms with Gasteiger partial charge in [0, 0.05) is 29.6 Å². The Morgan fingerprint density at radius 3 is 2.93 bits per heavy atom. The monoisotopic (exact) mass is 241 g/mol. The van der Waals surface area contributed by atoms with Crippen molar-refractivity contribution in [1.82, 2.24) is 9.78 Å². The third kappa shape index (κ3) is 2.07. The molecule has 15 heavy (non-hydrogen) atoms. The van der Waals surface area contributed by atoms with Crippen LogP contribution in [-0.2, 0) is 13.5 Å². The number of halogens is 1. The Bertz CT molecular complexity index is 461. The molecule has 5 heteroatoms. The molecule has 2 N–H and O–H groups in total. The van der Waals surface area contributed by atoms with Crippen LogP contribution in [0.3, 0.4) is 0 Å². The molecule has 0 spiro atoms. The lowest BCUT2D eigenvalue weighted by molar-refractivity contribution is 0.707. The first-order valence-corrected chi connectivity index (χ1v) is 5.88. The Kier molecular flexibility index (Phi) is 3.09. The Morgan fingerprint density at radius 2 is 2.33 bits per heavy atom. The van der Waals surface area contributed by atoms with E-state index >= 15 is 0 Å². The minimum absolute atomic E-state index is 0.631. The summed E-state index contributed by atoms with van der Waals surface area (Å²) in [6.07, 6.45) is 2.70. The third-order valence-corrected chi connectivity index (χ3v) is 3.55. The molecule has 0 aliphatic carbocycles. The smallest absolute Gasteiger partial charge is 0.0934 e. The highest BCUT2D eigenvalue weighted by Crippen LogP contribution is 2.32. The Morgan fingerprint density at radius 1 is 1.53 bits per heavy atom. The summed E-state index contributed by atoms with van der Waals surface area (Å²) in [6, 6.07) is 3.92. The summed E-state index contributed by atoms with van der Waals surface area (Å²) in [6.45, 7) is 0.631. The van der Waals surface area contributed by atoms with Gasteiger partial charge in [-0.1, -0.05) is 11.6 Å². The summed E-state index contributed by atoms with van der Waals surface area (Å²) in [7, 11) is 1.93. The third-order valence-electron chi connectivity index (χ3n) is 2.28. The fraction of sp³-hybridized carbons (Fsp3) is 0.300. The molecule has 0 amide bonds. The van der Waals surface area contributed by atoms with E-state index in [4.69, 9.17) is 17.3 Å². The summed E-state index contributed by atoms with van der Waals surface area (Å²) in [5.41, 5.74) is 7.88. The van der Waals surface area contributed by atoms with Crippen LogP contribution in [0, 0.1) is 0 Å².